The summed E-state index contributed by atoms with van der Waals surface area (Å²) in [7, 11) is -3.57. The lowest BCUT2D eigenvalue weighted by atomic mass is 10.1. The number of hydrogen-bond acceptors (Lipinski definition) is 5. The van der Waals surface area contributed by atoms with Crippen LogP contribution >= 0.6 is 23.2 Å². The molecule has 0 saturated carbocycles. The number of anilines is 1. The molecule has 0 aromatic heterocycles. The fourth-order valence-corrected chi connectivity index (χ4v) is 3.35. The first kappa shape index (κ1) is 22.0. The molecule has 0 bridgehead atoms. The minimum atomic E-state index is -3.57. The number of ether oxygens (including phenoxy) is 1. The van der Waals surface area contributed by atoms with E-state index in [1.165, 1.54) is 12.1 Å². The van der Waals surface area contributed by atoms with Crippen molar-refractivity contribution in [3.63, 3.8) is 0 Å². The summed E-state index contributed by atoms with van der Waals surface area (Å²) >= 11 is 11.9. The van der Waals surface area contributed by atoms with E-state index in [4.69, 9.17) is 27.9 Å². The number of para-hydroxylation sites is 1. The van der Waals surface area contributed by atoms with Gasteiger partial charge in [0.1, 0.15) is 0 Å². The number of nitrogens with one attached hydrogen (secondary N) is 2. The zero-order valence-corrected chi connectivity index (χ0v) is 17.2. The van der Waals surface area contributed by atoms with Gasteiger partial charge in [-0.05, 0) is 36.2 Å². The number of amides is 1. The molecule has 0 heterocycles. The van der Waals surface area contributed by atoms with E-state index in [2.05, 4.69) is 10.0 Å². The second kappa shape index (κ2) is 9.77. The highest BCUT2D eigenvalue weighted by Crippen LogP contribution is 2.21. The third kappa shape index (κ3) is 7.03. The van der Waals surface area contributed by atoms with Crippen LogP contribution in [0.2, 0.25) is 10.0 Å². The Labute approximate surface area is 173 Å². The highest BCUT2D eigenvalue weighted by molar-refractivity contribution is 7.92. The van der Waals surface area contributed by atoms with Crippen LogP contribution in [-0.4, -0.2) is 39.7 Å². The van der Waals surface area contributed by atoms with Gasteiger partial charge in [0.25, 0.3) is 5.91 Å². The number of carbonyl (C=O) groups excluding carboxylic acids is 2. The quantitative estimate of drug-likeness (QED) is 0.609. The van der Waals surface area contributed by atoms with Crippen molar-refractivity contribution in [2.45, 2.75) is 6.42 Å². The summed E-state index contributed by atoms with van der Waals surface area (Å²) in [4.78, 5) is 24.0. The zero-order chi connectivity index (χ0) is 20.7. The maximum absolute atomic E-state index is 12.2. The largest absolute Gasteiger partial charge is 0.452 e. The van der Waals surface area contributed by atoms with Crippen molar-refractivity contribution in [3.8, 4) is 0 Å². The van der Waals surface area contributed by atoms with Crippen molar-refractivity contribution >= 4 is 50.8 Å². The first-order valence-corrected chi connectivity index (χ1v) is 10.7. The van der Waals surface area contributed by atoms with E-state index >= 15 is 0 Å². The molecule has 0 radical (unpaired) electrons. The molecule has 0 atom stereocenters. The van der Waals surface area contributed by atoms with Crippen molar-refractivity contribution in [1.29, 1.82) is 0 Å². The molecule has 7 nitrogen and oxygen atoms in total. The van der Waals surface area contributed by atoms with Gasteiger partial charge in [-0.25, -0.2) is 13.2 Å². The molecule has 0 spiro atoms. The summed E-state index contributed by atoms with van der Waals surface area (Å²) in [6, 6.07) is 11.0. The van der Waals surface area contributed by atoms with Gasteiger partial charge in [0.15, 0.2) is 6.61 Å². The second-order valence-corrected chi connectivity index (χ2v) is 8.42. The maximum Gasteiger partial charge on any atom is 0.340 e. The van der Waals surface area contributed by atoms with Crippen LogP contribution < -0.4 is 10.0 Å². The maximum atomic E-state index is 12.2. The zero-order valence-electron chi connectivity index (χ0n) is 14.9. The van der Waals surface area contributed by atoms with Crippen LogP contribution in [0, 0.1) is 0 Å². The average molecular weight is 445 g/mol. The lowest BCUT2D eigenvalue weighted by Gasteiger charge is -2.11. The molecule has 28 heavy (non-hydrogen) atoms. The summed E-state index contributed by atoms with van der Waals surface area (Å²) < 4.78 is 29.9. The predicted molar refractivity (Wildman–Crippen MR) is 108 cm³/mol. The normalized spacial score (nSPS) is 11.0. The van der Waals surface area contributed by atoms with Crippen LogP contribution in [0.25, 0.3) is 0 Å². The fourth-order valence-electron chi connectivity index (χ4n) is 2.27. The Balaban J connectivity index is 1.85. The highest BCUT2D eigenvalue weighted by atomic mass is 35.5. The van der Waals surface area contributed by atoms with E-state index < -0.39 is 28.5 Å². The van der Waals surface area contributed by atoms with Crippen molar-refractivity contribution in [1.82, 2.24) is 5.32 Å². The monoisotopic (exact) mass is 444 g/mol. The topological polar surface area (TPSA) is 102 Å². The van der Waals surface area contributed by atoms with E-state index in [1.807, 2.05) is 0 Å². The molecule has 2 rings (SSSR count). The van der Waals surface area contributed by atoms with Gasteiger partial charge in [-0.1, -0.05) is 41.4 Å². The molecule has 0 unspecified atom stereocenters. The highest BCUT2D eigenvalue weighted by Gasteiger charge is 2.16. The molecule has 0 fully saturated rings. The van der Waals surface area contributed by atoms with Crippen LogP contribution in [0.1, 0.15) is 15.9 Å². The number of hydrogen-bond donors (Lipinski definition) is 2. The molecule has 150 valence electrons. The summed E-state index contributed by atoms with van der Waals surface area (Å²) in [6.07, 6.45) is 1.45. The van der Waals surface area contributed by atoms with E-state index in [0.717, 1.165) is 11.8 Å². The smallest absolute Gasteiger partial charge is 0.340 e. The van der Waals surface area contributed by atoms with Gasteiger partial charge in [0.05, 0.1) is 17.5 Å². The summed E-state index contributed by atoms with van der Waals surface area (Å²) in [6.45, 7) is -0.204. The number of rotatable bonds is 8. The van der Waals surface area contributed by atoms with Crippen molar-refractivity contribution in [2.75, 3.05) is 24.1 Å². The van der Waals surface area contributed by atoms with Crippen LogP contribution in [0.5, 0.6) is 0 Å². The number of esters is 1. The van der Waals surface area contributed by atoms with Crippen molar-refractivity contribution in [3.05, 3.63) is 63.6 Å². The Hall–Kier alpha value is -2.29. The summed E-state index contributed by atoms with van der Waals surface area (Å²) in [5, 5.41) is 3.64. The molecule has 2 N–H and O–H groups in total. The number of halogens is 2. The van der Waals surface area contributed by atoms with Gasteiger partial charge in [-0.3, -0.25) is 9.52 Å². The molecule has 10 heteroatoms. The van der Waals surface area contributed by atoms with Crippen LogP contribution in [0.3, 0.4) is 0 Å². The molecule has 0 saturated heterocycles. The van der Waals surface area contributed by atoms with Crippen molar-refractivity contribution in [2.24, 2.45) is 0 Å². The predicted octanol–water partition coefficient (Wildman–Crippen LogP) is 2.88. The summed E-state index contributed by atoms with van der Waals surface area (Å²) in [5.41, 5.74) is 0.908. The van der Waals surface area contributed by atoms with Crippen LogP contribution in [0.4, 0.5) is 5.69 Å². The standard InChI is InChI=1S/C18H18Cl2N2O5S/c1-28(25,26)22-16-5-3-2-4-14(16)18(24)27-11-17(23)21-9-8-12-6-7-13(19)10-15(12)20/h2-7,10,22H,8-9,11H2,1H3,(H,21,23). The van der Waals surface area contributed by atoms with E-state index in [1.54, 1.807) is 30.3 Å². The third-order valence-electron chi connectivity index (χ3n) is 3.51. The van der Waals surface area contributed by atoms with Crippen LogP contribution in [-0.2, 0) is 26.0 Å². The van der Waals surface area contributed by atoms with Gasteiger partial charge >= 0.3 is 5.97 Å². The number of benzene rings is 2. The Morgan fingerprint density at radius 1 is 1.11 bits per heavy atom. The number of carbonyl (C=O) groups is 2. The van der Waals surface area contributed by atoms with E-state index in [0.29, 0.717) is 23.0 Å². The van der Waals surface area contributed by atoms with E-state index in [-0.39, 0.29) is 11.3 Å². The minimum Gasteiger partial charge on any atom is -0.452 e. The first-order chi connectivity index (χ1) is 13.2. The minimum absolute atomic E-state index is 0.00803. The fraction of sp³-hybridized carbons (Fsp3) is 0.222. The lowest BCUT2D eigenvalue weighted by molar-refractivity contribution is -0.124. The van der Waals surface area contributed by atoms with Gasteiger partial charge in [-0.2, -0.15) is 0 Å². The Morgan fingerprint density at radius 3 is 2.50 bits per heavy atom. The SMILES string of the molecule is CS(=O)(=O)Nc1ccccc1C(=O)OCC(=O)NCCc1ccc(Cl)cc1Cl. The third-order valence-corrected chi connectivity index (χ3v) is 4.69. The van der Waals surface area contributed by atoms with Gasteiger partial charge < -0.3 is 10.1 Å². The lowest BCUT2D eigenvalue weighted by Crippen LogP contribution is -2.30. The first-order valence-electron chi connectivity index (χ1n) is 8.10. The Kier molecular flexibility index (Phi) is 7.68. The van der Waals surface area contributed by atoms with Gasteiger partial charge in [0.2, 0.25) is 10.0 Å². The summed E-state index contributed by atoms with van der Waals surface area (Å²) in [5.74, 6) is -1.31. The van der Waals surface area contributed by atoms with Gasteiger partial charge in [-0.15, -0.1) is 0 Å². The molecule has 0 aliphatic heterocycles. The average Bonchev–Trinajstić information content (AvgIpc) is 2.60. The number of sulfonamides is 1. The Bertz CT molecular complexity index is 980. The molecular weight excluding hydrogens is 427 g/mol. The molecular formula is C18H18Cl2N2O5S. The molecule has 2 aromatic carbocycles. The second-order valence-electron chi connectivity index (χ2n) is 5.83. The Morgan fingerprint density at radius 2 is 1.82 bits per heavy atom. The molecule has 0 aliphatic carbocycles. The van der Waals surface area contributed by atoms with Crippen molar-refractivity contribution < 1.29 is 22.7 Å². The van der Waals surface area contributed by atoms with Gasteiger partial charge in [0, 0.05) is 16.6 Å². The molecule has 2 aromatic rings. The molecule has 1 amide bonds. The molecule has 0 aliphatic rings. The van der Waals surface area contributed by atoms with Crippen LogP contribution in [0.15, 0.2) is 42.5 Å². The van der Waals surface area contributed by atoms with E-state index in [9.17, 15) is 18.0 Å².